The summed E-state index contributed by atoms with van der Waals surface area (Å²) in [6, 6.07) is 5.71. The summed E-state index contributed by atoms with van der Waals surface area (Å²) in [5.74, 6) is 0.0249. The van der Waals surface area contributed by atoms with Gasteiger partial charge in [-0.3, -0.25) is 14.9 Å². The number of amides is 1. The van der Waals surface area contributed by atoms with Gasteiger partial charge in [-0.15, -0.1) is 0 Å². The van der Waals surface area contributed by atoms with Gasteiger partial charge in [-0.25, -0.2) is 0 Å². The fraction of sp³-hybridized carbons (Fsp3) is 0.250. The van der Waals surface area contributed by atoms with E-state index in [1.165, 1.54) is 0 Å². The lowest BCUT2D eigenvalue weighted by molar-refractivity contribution is -0.121. The molecule has 0 aliphatic rings. The third-order valence-corrected chi connectivity index (χ3v) is 2.38. The molecule has 2 heterocycles. The van der Waals surface area contributed by atoms with Gasteiger partial charge in [0, 0.05) is 36.6 Å². The van der Waals surface area contributed by atoms with Crippen LogP contribution in [0.1, 0.15) is 17.7 Å². The zero-order chi connectivity index (χ0) is 11.9. The van der Waals surface area contributed by atoms with Crippen molar-refractivity contribution < 1.29 is 4.79 Å². The Morgan fingerprint density at radius 2 is 2.35 bits per heavy atom. The second kappa shape index (κ2) is 5.79. The molecule has 0 unspecified atom stereocenters. The van der Waals surface area contributed by atoms with E-state index in [1.807, 2.05) is 18.2 Å². The van der Waals surface area contributed by atoms with Gasteiger partial charge < -0.3 is 5.32 Å². The highest BCUT2D eigenvalue weighted by Crippen LogP contribution is 1.99. The van der Waals surface area contributed by atoms with Gasteiger partial charge in [0.05, 0.1) is 6.20 Å². The summed E-state index contributed by atoms with van der Waals surface area (Å²) in [7, 11) is 0. The molecule has 2 aromatic rings. The SMILES string of the molecule is O=C(CCc1ccccn1)NCc1cn[nH]c1. The first kappa shape index (κ1) is 11.3. The van der Waals surface area contributed by atoms with Crippen molar-refractivity contribution in [1.29, 1.82) is 0 Å². The van der Waals surface area contributed by atoms with Gasteiger partial charge in [0.2, 0.25) is 5.91 Å². The molecule has 0 bridgehead atoms. The molecule has 0 aliphatic heterocycles. The number of carbonyl (C=O) groups excluding carboxylic acids is 1. The summed E-state index contributed by atoms with van der Waals surface area (Å²) >= 11 is 0. The van der Waals surface area contributed by atoms with E-state index in [2.05, 4.69) is 20.5 Å². The molecule has 1 amide bonds. The molecule has 2 N–H and O–H groups in total. The maximum absolute atomic E-state index is 11.5. The maximum Gasteiger partial charge on any atom is 0.220 e. The number of carbonyl (C=O) groups is 1. The first-order valence-corrected chi connectivity index (χ1v) is 5.49. The number of H-pyrrole nitrogens is 1. The standard InChI is InChI=1S/C12H14N4O/c17-12(14-7-10-8-15-16-9-10)5-4-11-3-1-2-6-13-11/h1-3,6,8-9H,4-5,7H2,(H,14,17)(H,15,16). The van der Waals surface area contributed by atoms with Crippen LogP contribution in [0.3, 0.4) is 0 Å². The molecular formula is C12H14N4O. The predicted molar refractivity (Wildman–Crippen MR) is 63.0 cm³/mol. The fourth-order valence-electron chi connectivity index (χ4n) is 1.45. The van der Waals surface area contributed by atoms with Crippen LogP contribution >= 0.6 is 0 Å². The van der Waals surface area contributed by atoms with Crippen molar-refractivity contribution in [3.8, 4) is 0 Å². The summed E-state index contributed by atoms with van der Waals surface area (Å²) < 4.78 is 0. The highest BCUT2D eigenvalue weighted by atomic mass is 16.1. The smallest absolute Gasteiger partial charge is 0.220 e. The van der Waals surface area contributed by atoms with Gasteiger partial charge in [0.1, 0.15) is 0 Å². The van der Waals surface area contributed by atoms with Crippen molar-refractivity contribution in [3.05, 3.63) is 48.0 Å². The number of nitrogens with zero attached hydrogens (tertiary/aromatic N) is 2. The Morgan fingerprint density at radius 3 is 3.06 bits per heavy atom. The molecule has 0 aromatic carbocycles. The van der Waals surface area contributed by atoms with Gasteiger partial charge in [0.15, 0.2) is 0 Å². The highest BCUT2D eigenvalue weighted by molar-refractivity contribution is 5.76. The molecule has 0 atom stereocenters. The van der Waals surface area contributed by atoms with Gasteiger partial charge >= 0.3 is 0 Å². The van der Waals surface area contributed by atoms with Crippen molar-refractivity contribution in [3.63, 3.8) is 0 Å². The molecule has 17 heavy (non-hydrogen) atoms. The van der Waals surface area contributed by atoms with Gasteiger partial charge in [-0.2, -0.15) is 5.10 Å². The van der Waals surface area contributed by atoms with Crippen LogP contribution < -0.4 is 5.32 Å². The van der Waals surface area contributed by atoms with Crippen LogP contribution in [0.5, 0.6) is 0 Å². The molecule has 5 nitrogen and oxygen atoms in total. The lowest BCUT2D eigenvalue weighted by atomic mass is 10.2. The minimum atomic E-state index is 0.0249. The number of aryl methyl sites for hydroxylation is 1. The molecule has 0 aliphatic carbocycles. The minimum absolute atomic E-state index is 0.0249. The monoisotopic (exact) mass is 230 g/mol. The van der Waals surface area contributed by atoms with Crippen molar-refractivity contribution in [2.45, 2.75) is 19.4 Å². The quantitative estimate of drug-likeness (QED) is 0.806. The number of pyridine rings is 1. The van der Waals surface area contributed by atoms with Crippen LogP contribution in [0.2, 0.25) is 0 Å². The molecule has 0 saturated heterocycles. The van der Waals surface area contributed by atoms with E-state index in [-0.39, 0.29) is 5.91 Å². The van der Waals surface area contributed by atoms with E-state index in [9.17, 15) is 4.79 Å². The fourth-order valence-corrected chi connectivity index (χ4v) is 1.45. The van der Waals surface area contributed by atoms with Crippen molar-refractivity contribution in [2.24, 2.45) is 0 Å². The molecule has 2 aromatic heterocycles. The van der Waals surface area contributed by atoms with E-state index < -0.39 is 0 Å². The van der Waals surface area contributed by atoms with Gasteiger partial charge in [0.25, 0.3) is 0 Å². The van der Waals surface area contributed by atoms with Crippen molar-refractivity contribution in [1.82, 2.24) is 20.5 Å². The van der Waals surface area contributed by atoms with Crippen LogP contribution in [-0.4, -0.2) is 21.1 Å². The van der Waals surface area contributed by atoms with Crippen molar-refractivity contribution in [2.75, 3.05) is 0 Å². The lowest BCUT2D eigenvalue weighted by Crippen LogP contribution is -2.22. The number of hydrogen-bond donors (Lipinski definition) is 2. The third-order valence-electron chi connectivity index (χ3n) is 2.38. The predicted octanol–water partition coefficient (Wildman–Crippen LogP) is 1.05. The largest absolute Gasteiger partial charge is 0.352 e. The molecule has 0 spiro atoms. The average Bonchev–Trinajstić information content (AvgIpc) is 2.88. The molecule has 0 radical (unpaired) electrons. The van der Waals surface area contributed by atoms with Crippen LogP contribution in [0.25, 0.3) is 0 Å². The summed E-state index contributed by atoms with van der Waals surface area (Å²) in [5, 5.41) is 9.34. The number of rotatable bonds is 5. The van der Waals surface area contributed by atoms with Gasteiger partial charge in [-0.1, -0.05) is 6.07 Å². The van der Waals surface area contributed by atoms with Crippen molar-refractivity contribution >= 4 is 5.91 Å². The third kappa shape index (κ3) is 3.71. The summed E-state index contributed by atoms with van der Waals surface area (Å²) in [4.78, 5) is 15.7. The first-order chi connectivity index (χ1) is 8.34. The lowest BCUT2D eigenvalue weighted by Gasteiger charge is -2.03. The van der Waals surface area contributed by atoms with Gasteiger partial charge in [-0.05, 0) is 18.6 Å². The topological polar surface area (TPSA) is 70.7 Å². The minimum Gasteiger partial charge on any atom is -0.352 e. The second-order valence-corrected chi connectivity index (χ2v) is 3.70. The van der Waals surface area contributed by atoms with E-state index in [0.29, 0.717) is 19.4 Å². The number of nitrogens with one attached hydrogen (secondary N) is 2. The summed E-state index contributed by atoms with van der Waals surface area (Å²) in [6.07, 6.45) is 6.31. The summed E-state index contributed by atoms with van der Waals surface area (Å²) in [5.41, 5.74) is 1.90. The Morgan fingerprint density at radius 1 is 1.41 bits per heavy atom. The average molecular weight is 230 g/mol. The van der Waals surface area contributed by atoms with E-state index >= 15 is 0 Å². The molecule has 2 rings (SSSR count). The number of aromatic nitrogens is 3. The molecule has 88 valence electrons. The zero-order valence-corrected chi connectivity index (χ0v) is 9.39. The van der Waals surface area contributed by atoms with E-state index in [1.54, 1.807) is 18.6 Å². The maximum atomic E-state index is 11.5. The van der Waals surface area contributed by atoms with Crippen LogP contribution in [0, 0.1) is 0 Å². The zero-order valence-electron chi connectivity index (χ0n) is 9.39. The summed E-state index contributed by atoms with van der Waals surface area (Å²) in [6.45, 7) is 0.511. The Balaban J connectivity index is 1.71. The number of hydrogen-bond acceptors (Lipinski definition) is 3. The normalized spacial score (nSPS) is 10.1. The van der Waals surface area contributed by atoms with E-state index in [4.69, 9.17) is 0 Å². The van der Waals surface area contributed by atoms with Crippen LogP contribution in [-0.2, 0) is 17.8 Å². The number of aromatic amines is 1. The van der Waals surface area contributed by atoms with Crippen LogP contribution in [0.15, 0.2) is 36.8 Å². The molecule has 5 heteroatoms. The Hall–Kier alpha value is -2.17. The molecule has 0 saturated carbocycles. The first-order valence-electron chi connectivity index (χ1n) is 5.49. The molecule has 0 fully saturated rings. The van der Waals surface area contributed by atoms with Crippen LogP contribution in [0.4, 0.5) is 0 Å². The Labute approximate surface area is 99.3 Å². The Bertz CT molecular complexity index is 453. The molecular weight excluding hydrogens is 216 g/mol. The van der Waals surface area contributed by atoms with E-state index in [0.717, 1.165) is 11.3 Å². The highest BCUT2D eigenvalue weighted by Gasteiger charge is 2.03. The Kier molecular flexibility index (Phi) is 3.85. The second-order valence-electron chi connectivity index (χ2n) is 3.70.